The first-order valence-electron chi connectivity index (χ1n) is 5.92. The molecule has 3 rings (SSSR count). The van der Waals surface area contributed by atoms with Gasteiger partial charge in [0.15, 0.2) is 5.13 Å². The van der Waals surface area contributed by atoms with E-state index in [2.05, 4.69) is 15.3 Å². The first-order chi connectivity index (χ1) is 9.61. The molecular weight excluding hydrogens is 277 g/mol. The Morgan fingerprint density at radius 3 is 2.95 bits per heavy atom. The van der Waals surface area contributed by atoms with Crippen molar-refractivity contribution in [1.82, 2.24) is 9.97 Å². The molecule has 0 radical (unpaired) electrons. The van der Waals surface area contributed by atoms with Crippen molar-refractivity contribution in [2.45, 2.75) is 6.92 Å². The van der Waals surface area contributed by atoms with Gasteiger partial charge in [-0.15, -0.1) is 0 Å². The number of rotatable bonds is 2. The van der Waals surface area contributed by atoms with E-state index in [1.165, 1.54) is 23.6 Å². The molecule has 0 atom stereocenters. The van der Waals surface area contributed by atoms with E-state index in [-0.39, 0.29) is 5.69 Å². The molecule has 3 aromatic rings. The maximum atomic E-state index is 13.0. The van der Waals surface area contributed by atoms with Crippen LogP contribution in [0.15, 0.2) is 36.5 Å². The lowest BCUT2D eigenvalue weighted by Crippen LogP contribution is -2.13. The zero-order valence-electron chi connectivity index (χ0n) is 10.6. The fourth-order valence-corrected chi connectivity index (χ4v) is 2.73. The van der Waals surface area contributed by atoms with Gasteiger partial charge in [0.2, 0.25) is 0 Å². The lowest BCUT2D eigenvalue weighted by atomic mass is 10.2. The van der Waals surface area contributed by atoms with Crippen LogP contribution in [-0.4, -0.2) is 15.9 Å². The largest absolute Gasteiger partial charge is 0.296 e. The quantitative estimate of drug-likeness (QED) is 0.786. The van der Waals surface area contributed by atoms with E-state index in [1.807, 2.05) is 25.1 Å². The number of benzene rings is 1. The van der Waals surface area contributed by atoms with Crippen molar-refractivity contribution < 1.29 is 9.18 Å². The highest BCUT2D eigenvalue weighted by Crippen LogP contribution is 2.26. The standard InChI is InChI=1S/C14H10FN3OS/c1-8-2-3-10-12(6-8)20-14(17-10)18-13(19)11-7-9(15)4-5-16-11/h2-7H,1H3,(H,17,18,19)/i15+0. The molecule has 1 aromatic carbocycles. The van der Waals surface area contributed by atoms with Crippen LogP contribution < -0.4 is 5.32 Å². The molecule has 0 spiro atoms. The van der Waals surface area contributed by atoms with Gasteiger partial charge < -0.3 is 0 Å². The lowest BCUT2D eigenvalue weighted by Gasteiger charge is -2.00. The molecule has 0 aliphatic heterocycles. The minimum atomic E-state index is -0.495. The van der Waals surface area contributed by atoms with Gasteiger partial charge in [-0.1, -0.05) is 17.4 Å². The van der Waals surface area contributed by atoms with Gasteiger partial charge in [0.25, 0.3) is 5.91 Å². The third-order valence-electron chi connectivity index (χ3n) is 2.72. The van der Waals surface area contributed by atoms with Crippen LogP contribution in [0.5, 0.6) is 0 Å². The van der Waals surface area contributed by atoms with Crippen LogP contribution in [0.3, 0.4) is 0 Å². The summed E-state index contributed by atoms with van der Waals surface area (Å²) >= 11 is 1.37. The summed E-state index contributed by atoms with van der Waals surface area (Å²) in [6, 6.07) is 8.15. The summed E-state index contributed by atoms with van der Waals surface area (Å²) in [7, 11) is 0. The number of anilines is 1. The third kappa shape index (κ3) is 2.50. The number of carbonyl (C=O) groups is 1. The number of nitrogens with zero attached hydrogens (tertiary/aromatic N) is 2. The molecule has 0 bridgehead atoms. The summed E-state index contributed by atoms with van der Waals surface area (Å²) < 4.78 is 14.0. The minimum Gasteiger partial charge on any atom is -0.296 e. The minimum absolute atomic E-state index is 0.0282. The molecule has 0 saturated heterocycles. The number of hydrogen-bond donors (Lipinski definition) is 1. The Morgan fingerprint density at radius 1 is 1.30 bits per heavy atom. The molecule has 100 valence electrons. The molecule has 0 aliphatic rings. The number of aryl methyl sites for hydroxylation is 1. The smallest absolute Gasteiger partial charge is 0.276 e. The normalized spacial score (nSPS) is 10.7. The van der Waals surface area contributed by atoms with Crippen LogP contribution in [0.1, 0.15) is 16.1 Å². The molecule has 1 N–H and O–H groups in total. The van der Waals surface area contributed by atoms with E-state index in [1.54, 1.807) is 0 Å². The average Bonchev–Trinajstić information content (AvgIpc) is 2.80. The molecule has 20 heavy (non-hydrogen) atoms. The van der Waals surface area contributed by atoms with Crippen LogP contribution >= 0.6 is 11.3 Å². The number of carbonyl (C=O) groups excluding carboxylic acids is 1. The first-order valence-corrected chi connectivity index (χ1v) is 6.73. The van der Waals surface area contributed by atoms with Crippen molar-refractivity contribution >= 4 is 32.6 Å². The molecule has 0 fully saturated rings. The molecule has 0 aliphatic carbocycles. The van der Waals surface area contributed by atoms with E-state index >= 15 is 0 Å². The van der Waals surface area contributed by atoms with E-state index < -0.39 is 11.7 Å². The second-order valence-corrected chi connectivity index (χ2v) is 5.33. The van der Waals surface area contributed by atoms with Crippen molar-refractivity contribution in [3.8, 4) is 0 Å². The summed E-state index contributed by atoms with van der Waals surface area (Å²) in [5, 5.41) is 3.11. The number of nitrogens with one attached hydrogen (secondary N) is 1. The zero-order valence-corrected chi connectivity index (χ0v) is 11.4. The highest BCUT2D eigenvalue weighted by atomic mass is 32.1. The second-order valence-electron chi connectivity index (χ2n) is 4.30. The third-order valence-corrected chi connectivity index (χ3v) is 3.65. The summed E-state index contributed by atoms with van der Waals surface area (Å²) in [6.07, 6.45) is 1.26. The summed E-state index contributed by atoms with van der Waals surface area (Å²) in [5.41, 5.74) is 1.98. The average molecular weight is 287 g/mol. The Balaban J connectivity index is 1.87. The van der Waals surface area contributed by atoms with E-state index in [9.17, 15) is 9.18 Å². The fraction of sp³-hybridized carbons (Fsp3) is 0.0714. The molecule has 6 heteroatoms. The Kier molecular flexibility index (Phi) is 3.15. The Bertz CT molecular complexity index is 800. The van der Waals surface area contributed by atoms with Crippen molar-refractivity contribution in [3.05, 3.63) is 53.6 Å². The number of amides is 1. The first kappa shape index (κ1) is 12.7. The zero-order chi connectivity index (χ0) is 14.1. The van der Waals surface area contributed by atoms with Crippen molar-refractivity contribution in [1.29, 1.82) is 0 Å². The fourth-order valence-electron chi connectivity index (χ4n) is 1.78. The second kappa shape index (κ2) is 4.97. The number of pyridine rings is 1. The van der Waals surface area contributed by atoms with Crippen LogP contribution in [0.4, 0.5) is 9.52 Å². The number of aromatic nitrogens is 2. The van der Waals surface area contributed by atoms with E-state index in [4.69, 9.17) is 0 Å². The molecule has 1 amide bonds. The van der Waals surface area contributed by atoms with Crippen LogP contribution in [-0.2, 0) is 0 Å². The van der Waals surface area contributed by atoms with Gasteiger partial charge in [-0.3, -0.25) is 15.1 Å². The Morgan fingerprint density at radius 2 is 2.15 bits per heavy atom. The van der Waals surface area contributed by atoms with Crippen molar-refractivity contribution in [2.75, 3.05) is 5.32 Å². The van der Waals surface area contributed by atoms with Crippen LogP contribution in [0, 0.1) is 12.7 Å². The van der Waals surface area contributed by atoms with Gasteiger partial charge in [-0.25, -0.2) is 9.37 Å². The van der Waals surface area contributed by atoms with E-state index in [0.29, 0.717) is 5.13 Å². The van der Waals surface area contributed by atoms with Crippen molar-refractivity contribution in [3.63, 3.8) is 0 Å². The molecular formula is C14H10FN3OS. The van der Waals surface area contributed by atoms with Gasteiger partial charge in [-0.2, -0.15) is 0 Å². The van der Waals surface area contributed by atoms with Gasteiger partial charge >= 0.3 is 0 Å². The SMILES string of the molecule is Cc1ccc2nc(NC(=O)c3cc([19F])ccn3)sc2c1. The summed E-state index contributed by atoms with van der Waals surface area (Å²) in [6.45, 7) is 1.99. The number of thiazole rings is 1. The summed E-state index contributed by atoms with van der Waals surface area (Å²) in [4.78, 5) is 20.1. The van der Waals surface area contributed by atoms with E-state index in [0.717, 1.165) is 21.8 Å². The maximum absolute atomic E-state index is 13.0. The molecule has 0 saturated carbocycles. The van der Waals surface area contributed by atoms with Gasteiger partial charge in [0.05, 0.1) is 10.2 Å². The summed E-state index contributed by atoms with van der Waals surface area (Å²) in [5.74, 6) is -0.967. The van der Waals surface area contributed by atoms with Crippen LogP contribution in [0.2, 0.25) is 0 Å². The molecule has 2 aromatic heterocycles. The molecule has 4 nitrogen and oxygen atoms in total. The number of halogens is 1. The topological polar surface area (TPSA) is 54.9 Å². The van der Waals surface area contributed by atoms with Gasteiger partial charge in [-0.05, 0) is 30.7 Å². The predicted molar refractivity (Wildman–Crippen MR) is 76.5 cm³/mol. The maximum Gasteiger partial charge on any atom is 0.276 e. The number of hydrogen-bond acceptors (Lipinski definition) is 4. The Hall–Kier alpha value is -2.34. The molecule has 2 heterocycles. The highest BCUT2D eigenvalue weighted by Gasteiger charge is 2.11. The monoisotopic (exact) mass is 287 g/mol. The molecule has 0 unspecified atom stereocenters. The van der Waals surface area contributed by atoms with Gasteiger partial charge in [0, 0.05) is 12.3 Å². The lowest BCUT2D eigenvalue weighted by molar-refractivity contribution is 0.102. The number of fused-ring (bicyclic) bond motifs is 1. The Labute approximate surface area is 118 Å². The highest BCUT2D eigenvalue weighted by molar-refractivity contribution is 7.22. The van der Waals surface area contributed by atoms with Crippen LogP contribution in [0.25, 0.3) is 10.2 Å². The van der Waals surface area contributed by atoms with Crippen molar-refractivity contribution in [2.24, 2.45) is 0 Å². The predicted octanol–water partition coefficient (Wildman–Crippen LogP) is 3.39. The van der Waals surface area contributed by atoms with Gasteiger partial charge in [0.1, 0.15) is 11.5 Å².